The molecule has 0 aromatic carbocycles. The van der Waals surface area contributed by atoms with Crippen molar-refractivity contribution in [2.75, 3.05) is 26.2 Å². The van der Waals surface area contributed by atoms with E-state index in [0.717, 1.165) is 13.1 Å². The summed E-state index contributed by atoms with van der Waals surface area (Å²) >= 11 is 0. The highest BCUT2D eigenvalue weighted by molar-refractivity contribution is 4.95. The Morgan fingerprint density at radius 2 is 2.14 bits per heavy atom. The molecule has 0 bridgehead atoms. The van der Waals surface area contributed by atoms with Crippen molar-refractivity contribution in [3.8, 4) is 0 Å². The number of hydrogen-bond donors (Lipinski definition) is 3. The Labute approximate surface area is 85.2 Å². The summed E-state index contributed by atoms with van der Waals surface area (Å²) in [5, 5.41) is 28.4. The lowest BCUT2D eigenvalue weighted by Crippen LogP contribution is -2.57. The van der Waals surface area contributed by atoms with Gasteiger partial charge in [-0.3, -0.25) is 4.90 Å². The summed E-state index contributed by atoms with van der Waals surface area (Å²) in [4.78, 5) is 2.09. The molecule has 4 nitrogen and oxygen atoms in total. The molecule has 0 amide bonds. The van der Waals surface area contributed by atoms with Crippen molar-refractivity contribution in [2.24, 2.45) is 0 Å². The number of aliphatic hydroxyl groups excluding tert-OH is 2. The predicted molar refractivity (Wildman–Crippen MR) is 53.7 cm³/mol. The highest BCUT2D eigenvalue weighted by Crippen LogP contribution is 2.22. The minimum absolute atomic E-state index is 0.364. The quantitative estimate of drug-likeness (QED) is 0.571. The average molecular weight is 202 g/mol. The molecule has 0 saturated carbocycles. The van der Waals surface area contributed by atoms with E-state index >= 15 is 0 Å². The molecule has 0 aromatic rings. The van der Waals surface area contributed by atoms with Crippen molar-refractivity contribution in [1.82, 2.24) is 4.90 Å². The summed E-state index contributed by atoms with van der Waals surface area (Å²) in [7, 11) is 0. The van der Waals surface area contributed by atoms with Gasteiger partial charge in [-0.2, -0.15) is 0 Å². The smallest absolute Gasteiger partial charge is 0.116 e. The lowest BCUT2D eigenvalue weighted by molar-refractivity contribution is -0.140. The SMILES string of the molecule is C[C](C)CN1CCC(O)(CO)C(O)C1. The molecule has 1 fully saturated rings. The number of β-amino-alcohol motifs (C(OH)–C–C–N with tert-alkyl or cyclic N) is 1. The molecule has 1 radical (unpaired) electrons. The van der Waals surface area contributed by atoms with Crippen LogP contribution in [0, 0.1) is 5.92 Å². The van der Waals surface area contributed by atoms with Crippen molar-refractivity contribution >= 4 is 0 Å². The van der Waals surface area contributed by atoms with E-state index in [1.54, 1.807) is 0 Å². The number of aliphatic hydroxyl groups is 3. The van der Waals surface area contributed by atoms with Crippen LogP contribution in [0.5, 0.6) is 0 Å². The van der Waals surface area contributed by atoms with E-state index in [4.69, 9.17) is 5.11 Å². The number of piperidine rings is 1. The maximum absolute atomic E-state index is 9.77. The predicted octanol–water partition coefficient (Wildman–Crippen LogP) is -0.609. The normalized spacial score (nSPS) is 35.1. The molecule has 1 rings (SSSR count). The molecule has 0 aromatic heterocycles. The van der Waals surface area contributed by atoms with Gasteiger partial charge in [-0.25, -0.2) is 0 Å². The molecular weight excluding hydrogens is 182 g/mol. The van der Waals surface area contributed by atoms with Gasteiger partial charge in [0.15, 0.2) is 0 Å². The largest absolute Gasteiger partial charge is 0.393 e. The summed E-state index contributed by atoms with van der Waals surface area (Å²) in [6.45, 7) is 5.72. The van der Waals surface area contributed by atoms with Gasteiger partial charge < -0.3 is 15.3 Å². The molecule has 1 aliphatic heterocycles. The Hall–Kier alpha value is -0.160. The first-order chi connectivity index (χ1) is 6.48. The van der Waals surface area contributed by atoms with Gasteiger partial charge in [-0.05, 0) is 12.3 Å². The van der Waals surface area contributed by atoms with Crippen molar-refractivity contribution in [2.45, 2.75) is 32.0 Å². The van der Waals surface area contributed by atoms with Gasteiger partial charge in [0.05, 0.1) is 12.7 Å². The van der Waals surface area contributed by atoms with Crippen LogP contribution >= 0.6 is 0 Å². The van der Waals surface area contributed by atoms with Gasteiger partial charge in [0.2, 0.25) is 0 Å². The molecule has 0 aliphatic carbocycles. The second-order valence-electron chi connectivity index (χ2n) is 4.47. The van der Waals surface area contributed by atoms with Gasteiger partial charge in [-0.1, -0.05) is 13.8 Å². The van der Waals surface area contributed by atoms with E-state index in [1.807, 2.05) is 13.8 Å². The third kappa shape index (κ3) is 2.67. The van der Waals surface area contributed by atoms with Crippen molar-refractivity contribution in [3.63, 3.8) is 0 Å². The Balaban J connectivity index is 2.46. The summed E-state index contributed by atoms with van der Waals surface area (Å²) < 4.78 is 0. The van der Waals surface area contributed by atoms with Crippen LogP contribution < -0.4 is 0 Å². The van der Waals surface area contributed by atoms with Crippen molar-refractivity contribution in [1.29, 1.82) is 0 Å². The standard InChI is InChI=1S/C10H20NO3/c1-8(2)5-11-4-3-10(14,7-12)9(13)6-11/h9,12-14H,3-7H2,1-2H3. The van der Waals surface area contributed by atoms with Gasteiger partial charge in [0.1, 0.15) is 5.60 Å². The first-order valence-electron chi connectivity index (χ1n) is 5.00. The molecule has 83 valence electrons. The molecule has 14 heavy (non-hydrogen) atoms. The molecule has 3 N–H and O–H groups in total. The summed E-state index contributed by atoms with van der Waals surface area (Å²) in [5.41, 5.74) is -1.29. The van der Waals surface area contributed by atoms with E-state index in [2.05, 4.69) is 4.90 Å². The first-order valence-corrected chi connectivity index (χ1v) is 5.00. The topological polar surface area (TPSA) is 63.9 Å². The lowest BCUT2D eigenvalue weighted by atomic mass is 9.89. The monoisotopic (exact) mass is 202 g/mol. The minimum Gasteiger partial charge on any atom is -0.393 e. The second-order valence-corrected chi connectivity index (χ2v) is 4.47. The van der Waals surface area contributed by atoms with Crippen LogP contribution in [0.3, 0.4) is 0 Å². The Kier molecular flexibility index (Phi) is 3.89. The summed E-state index contributed by atoms with van der Waals surface area (Å²) in [6.07, 6.45) is -0.418. The van der Waals surface area contributed by atoms with Crippen molar-refractivity contribution < 1.29 is 15.3 Å². The fourth-order valence-electron chi connectivity index (χ4n) is 1.80. The minimum atomic E-state index is -1.29. The zero-order valence-corrected chi connectivity index (χ0v) is 8.90. The van der Waals surface area contributed by atoms with Crippen LogP contribution in [-0.2, 0) is 0 Å². The zero-order valence-electron chi connectivity index (χ0n) is 8.90. The number of nitrogens with zero attached hydrogens (tertiary/aromatic N) is 1. The Bertz CT molecular complexity index is 186. The third-order valence-corrected chi connectivity index (χ3v) is 2.73. The molecule has 2 atom stereocenters. The van der Waals surface area contributed by atoms with E-state index in [1.165, 1.54) is 5.92 Å². The van der Waals surface area contributed by atoms with Gasteiger partial charge in [0.25, 0.3) is 0 Å². The van der Waals surface area contributed by atoms with E-state index in [9.17, 15) is 10.2 Å². The number of likely N-dealkylation sites (tertiary alicyclic amines) is 1. The zero-order chi connectivity index (χ0) is 10.8. The molecule has 1 saturated heterocycles. The molecule has 1 aliphatic rings. The maximum atomic E-state index is 9.77. The van der Waals surface area contributed by atoms with Crippen LogP contribution in [0.25, 0.3) is 0 Å². The molecule has 4 heteroatoms. The van der Waals surface area contributed by atoms with E-state index < -0.39 is 11.7 Å². The second kappa shape index (κ2) is 4.57. The van der Waals surface area contributed by atoms with Gasteiger partial charge >= 0.3 is 0 Å². The maximum Gasteiger partial charge on any atom is 0.116 e. The van der Waals surface area contributed by atoms with E-state index in [-0.39, 0.29) is 6.61 Å². The van der Waals surface area contributed by atoms with E-state index in [0.29, 0.717) is 13.0 Å². The highest BCUT2D eigenvalue weighted by Gasteiger charge is 2.39. The summed E-state index contributed by atoms with van der Waals surface area (Å²) in [6, 6.07) is 0. The van der Waals surface area contributed by atoms with Gasteiger partial charge in [0, 0.05) is 19.6 Å². The molecule has 2 unspecified atom stereocenters. The Morgan fingerprint density at radius 1 is 1.50 bits per heavy atom. The van der Waals surface area contributed by atoms with Crippen LogP contribution in [-0.4, -0.2) is 58.2 Å². The fourth-order valence-corrected chi connectivity index (χ4v) is 1.80. The summed E-state index contributed by atoms with van der Waals surface area (Å²) in [5.74, 6) is 1.28. The number of hydrogen-bond acceptors (Lipinski definition) is 4. The number of rotatable bonds is 3. The van der Waals surface area contributed by atoms with Gasteiger partial charge in [-0.15, -0.1) is 0 Å². The third-order valence-electron chi connectivity index (χ3n) is 2.73. The van der Waals surface area contributed by atoms with Crippen LogP contribution in [0.2, 0.25) is 0 Å². The Morgan fingerprint density at radius 3 is 2.57 bits per heavy atom. The van der Waals surface area contributed by atoms with Crippen LogP contribution in [0.1, 0.15) is 20.3 Å². The van der Waals surface area contributed by atoms with Crippen LogP contribution in [0.15, 0.2) is 0 Å². The molecule has 1 heterocycles. The highest BCUT2D eigenvalue weighted by atomic mass is 16.4. The lowest BCUT2D eigenvalue weighted by Gasteiger charge is -2.41. The molecule has 0 spiro atoms. The van der Waals surface area contributed by atoms with Crippen molar-refractivity contribution in [3.05, 3.63) is 5.92 Å². The fraction of sp³-hybridized carbons (Fsp3) is 0.900. The average Bonchev–Trinajstić information content (AvgIpc) is 2.11. The van der Waals surface area contributed by atoms with Crippen LogP contribution in [0.4, 0.5) is 0 Å². The first kappa shape index (κ1) is 11.9. The molecular formula is C10H20NO3.